The number of aromatic nitrogens is 3. The molecule has 0 fully saturated rings. The van der Waals surface area contributed by atoms with Gasteiger partial charge in [0.15, 0.2) is 14.8 Å². The number of benzene rings is 2. The number of H-pyrrole nitrogens is 1. The molecule has 33 heavy (non-hydrogen) atoms. The molecule has 170 valence electrons. The zero-order chi connectivity index (χ0) is 23.4. The molecule has 2 aromatic heterocycles. The number of ether oxygens (including phenoxy) is 1. The van der Waals surface area contributed by atoms with Crippen molar-refractivity contribution in [3.05, 3.63) is 68.4 Å². The van der Waals surface area contributed by atoms with Gasteiger partial charge in [-0.15, -0.1) is 0 Å². The van der Waals surface area contributed by atoms with Gasteiger partial charge in [-0.25, -0.2) is 4.98 Å². The van der Waals surface area contributed by atoms with Crippen LogP contribution < -0.4 is 15.6 Å². The molecule has 0 radical (unpaired) electrons. The van der Waals surface area contributed by atoms with Crippen LogP contribution in [-0.2, 0) is 11.2 Å². The third-order valence-corrected chi connectivity index (χ3v) is 7.07. The Balaban J connectivity index is 1.58. The molecule has 1 amide bonds. The number of amides is 1. The summed E-state index contributed by atoms with van der Waals surface area (Å²) in [5.41, 5.74) is 2.84. The number of thioether (sulfide) groups is 1. The van der Waals surface area contributed by atoms with Gasteiger partial charge < -0.3 is 15.0 Å². The molecule has 7 nitrogen and oxygen atoms in total. The molecule has 0 spiro atoms. The van der Waals surface area contributed by atoms with E-state index in [2.05, 4.69) is 15.3 Å². The van der Waals surface area contributed by atoms with Crippen molar-refractivity contribution in [1.82, 2.24) is 14.5 Å². The van der Waals surface area contributed by atoms with Crippen LogP contribution in [0.25, 0.3) is 16.0 Å². The molecule has 0 unspecified atom stereocenters. The maximum Gasteiger partial charge on any atom is 0.271 e. The summed E-state index contributed by atoms with van der Waals surface area (Å²) < 4.78 is 8.23. The number of thiazole rings is 1. The van der Waals surface area contributed by atoms with Crippen LogP contribution in [0.2, 0.25) is 0 Å². The van der Waals surface area contributed by atoms with E-state index >= 15 is 0 Å². The third kappa shape index (κ3) is 5.18. The SMILES string of the molecule is CCOc1ccc(-n2c(=S)sc3c(=O)[nH]c(SCC(=O)Nc4ccccc4CC)nc32)cc1. The zero-order valence-corrected chi connectivity index (χ0v) is 20.5. The Hall–Kier alpha value is -2.95. The fourth-order valence-corrected chi connectivity index (χ4v) is 5.25. The first-order valence-electron chi connectivity index (χ1n) is 10.4. The summed E-state index contributed by atoms with van der Waals surface area (Å²) in [7, 11) is 0. The molecule has 0 aliphatic carbocycles. The highest BCUT2D eigenvalue weighted by atomic mass is 32.2. The lowest BCUT2D eigenvalue weighted by atomic mass is 10.1. The summed E-state index contributed by atoms with van der Waals surface area (Å²) in [4.78, 5) is 32.5. The minimum absolute atomic E-state index is 0.112. The monoisotopic (exact) mass is 498 g/mol. The highest BCUT2D eigenvalue weighted by Crippen LogP contribution is 2.26. The molecular formula is C23H22N4O3S3. The smallest absolute Gasteiger partial charge is 0.271 e. The lowest BCUT2D eigenvalue weighted by Crippen LogP contribution is -2.16. The maximum absolute atomic E-state index is 12.7. The molecule has 0 aliphatic rings. The number of fused-ring (bicyclic) bond motifs is 1. The number of hydrogen-bond donors (Lipinski definition) is 2. The highest BCUT2D eigenvalue weighted by molar-refractivity contribution is 7.99. The second-order valence-corrected chi connectivity index (χ2v) is 9.61. The van der Waals surface area contributed by atoms with E-state index in [4.69, 9.17) is 17.0 Å². The Kier molecular flexibility index (Phi) is 7.26. The molecule has 0 saturated carbocycles. The minimum atomic E-state index is -0.278. The molecule has 0 aliphatic heterocycles. The largest absolute Gasteiger partial charge is 0.494 e. The molecule has 2 aromatic carbocycles. The number of rotatable bonds is 8. The second kappa shape index (κ2) is 10.3. The van der Waals surface area contributed by atoms with Gasteiger partial charge in [-0.05, 0) is 61.5 Å². The summed E-state index contributed by atoms with van der Waals surface area (Å²) in [5, 5.41) is 3.29. The number of hydrogen-bond acceptors (Lipinski definition) is 7. The van der Waals surface area contributed by atoms with Gasteiger partial charge >= 0.3 is 0 Å². The van der Waals surface area contributed by atoms with E-state index in [-0.39, 0.29) is 17.2 Å². The number of aryl methyl sites for hydroxylation is 1. The van der Waals surface area contributed by atoms with Crippen molar-refractivity contribution in [2.24, 2.45) is 0 Å². The van der Waals surface area contributed by atoms with Crippen molar-refractivity contribution in [1.29, 1.82) is 0 Å². The van der Waals surface area contributed by atoms with Gasteiger partial charge in [0.1, 0.15) is 10.4 Å². The quantitative estimate of drug-likeness (QED) is 0.197. The van der Waals surface area contributed by atoms with Crippen LogP contribution in [0.15, 0.2) is 58.5 Å². The lowest BCUT2D eigenvalue weighted by molar-refractivity contribution is -0.113. The lowest BCUT2D eigenvalue weighted by Gasteiger charge is -2.09. The topological polar surface area (TPSA) is 89.0 Å². The maximum atomic E-state index is 12.7. The van der Waals surface area contributed by atoms with Crippen molar-refractivity contribution in [2.45, 2.75) is 25.4 Å². The van der Waals surface area contributed by atoms with Crippen molar-refractivity contribution in [2.75, 3.05) is 17.7 Å². The van der Waals surface area contributed by atoms with E-state index < -0.39 is 0 Å². The van der Waals surface area contributed by atoms with Crippen LogP contribution in [0.3, 0.4) is 0 Å². The molecule has 10 heteroatoms. The van der Waals surface area contributed by atoms with Crippen LogP contribution in [0, 0.1) is 3.95 Å². The molecule has 2 N–H and O–H groups in total. The first-order chi connectivity index (χ1) is 16.0. The first-order valence-corrected chi connectivity index (χ1v) is 12.6. The molecule has 0 bridgehead atoms. The van der Waals surface area contributed by atoms with Gasteiger partial charge in [-0.3, -0.25) is 14.2 Å². The van der Waals surface area contributed by atoms with E-state index in [1.165, 1.54) is 23.1 Å². The van der Waals surface area contributed by atoms with E-state index in [1.54, 1.807) is 4.57 Å². The molecule has 0 saturated heterocycles. The fraction of sp³-hybridized carbons (Fsp3) is 0.217. The predicted octanol–water partition coefficient (Wildman–Crippen LogP) is 5.20. The number of nitrogens with zero attached hydrogens (tertiary/aromatic N) is 2. The predicted molar refractivity (Wildman–Crippen MR) is 137 cm³/mol. The summed E-state index contributed by atoms with van der Waals surface area (Å²) in [6.45, 7) is 4.54. The Morgan fingerprint density at radius 3 is 2.70 bits per heavy atom. The van der Waals surface area contributed by atoms with Gasteiger partial charge in [0.05, 0.1) is 12.4 Å². The number of carbonyl (C=O) groups is 1. The Morgan fingerprint density at radius 1 is 1.21 bits per heavy atom. The standard InChI is InChI=1S/C23H22N4O3S3/c1-3-14-7-5-6-8-17(14)24-18(28)13-32-22-25-20-19(21(29)26-22)33-23(31)27(20)15-9-11-16(12-10-15)30-4-2/h5-12H,3-4,13H2,1-2H3,(H,24,28)(H,25,26,29). The average molecular weight is 499 g/mol. The summed E-state index contributed by atoms with van der Waals surface area (Å²) in [6.07, 6.45) is 0.822. The van der Waals surface area contributed by atoms with Crippen molar-refractivity contribution in [3.8, 4) is 11.4 Å². The van der Waals surface area contributed by atoms with Crippen LogP contribution in [-0.4, -0.2) is 32.8 Å². The molecular weight excluding hydrogens is 476 g/mol. The molecule has 4 rings (SSSR count). The van der Waals surface area contributed by atoms with Crippen LogP contribution in [0.5, 0.6) is 5.75 Å². The summed E-state index contributed by atoms with van der Waals surface area (Å²) in [5.74, 6) is 0.697. The summed E-state index contributed by atoms with van der Waals surface area (Å²) in [6, 6.07) is 15.2. The Bertz CT molecular complexity index is 1410. The molecule has 4 aromatic rings. The fourth-order valence-electron chi connectivity index (χ4n) is 3.32. The number of aromatic amines is 1. The third-order valence-electron chi connectivity index (χ3n) is 4.84. The highest BCUT2D eigenvalue weighted by Gasteiger charge is 2.15. The van der Waals surface area contributed by atoms with Gasteiger partial charge in [0.2, 0.25) is 5.91 Å². The van der Waals surface area contributed by atoms with E-state index in [0.29, 0.717) is 26.1 Å². The summed E-state index contributed by atoms with van der Waals surface area (Å²) >= 11 is 7.89. The second-order valence-electron chi connectivity index (χ2n) is 7.00. The van der Waals surface area contributed by atoms with E-state index in [0.717, 1.165) is 29.1 Å². The zero-order valence-electron chi connectivity index (χ0n) is 18.1. The molecule has 2 heterocycles. The normalized spacial score (nSPS) is 11.0. The van der Waals surface area contributed by atoms with Gasteiger partial charge in [0.25, 0.3) is 5.56 Å². The van der Waals surface area contributed by atoms with Crippen molar-refractivity contribution < 1.29 is 9.53 Å². The first kappa shape index (κ1) is 23.2. The van der Waals surface area contributed by atoms with Gasteiger partial charge in [-0.2, -0.15) is 0 Å². The van der Waals surface area contributed by atoms with E-state index in [9.17, 15) is 9.59 Å². The molecule has 0 atom stereocenters. The average Bonchev–Trinajstić information content (AvgIpc) is 3.15. The Labute approximate surface area is 203 Å². The van der Waals surface area contributed by atoms with Crippen molar-refractivity contribution in [3.63, 3.8) is 0 Å². The van der Waals surface area contributed by atoms with Gasteiger partial charge in [-0.1, -0.05) is 48.2 Å². The van der Waals surface area contributed by atoms with Crippen LogP contribution in [0.1, 0.15) is 19.4 Å². The number of anilines is 1. The van der Waals surface area contributed by atoms with Crippen LogP contribution >= 0.6 is 35.3 Å². The van der Waals surface area contributed by atoms with Gasteiger partial charge in [0, 0.05) is 11.4 Å². The van der Waals surface area contributed by atoms with Crippen LogP contribution in [0.4, 0.5) is 5.69 Å². The number of nitrogens with one attached hydrogen (secondary N) is 2. The minimum Gasteiger partial charge on any atom is -0.494 e. The number of carbonyl (C=O) groups excluding carboxylic acids is 1. The van der Waals surface area contributed by atoms with Crippen molar-refractivity contribution >= 4 is 57.3 Å². The van der Waals surface area contributed by atoms with E-state index in [1.807, 2.05) is 62.4 Å². The Morgan fingerprint density at radius 2 is 1.97 bits per heavy atom. The number of para-hydroxylation sites is 1.